The van der Waals surface area contributed by atoms with Crippen LogP contribution in [0.3, 0.4) is 0 Å². The largest absolute Gasteiger partial charge is 0.345 e. The van der Waals surface area contributed by atoms with Crippen molar-refractivity contribution in [2.45, 2.75) is 13.0 Å². The minimum atomic E-state index is -0.656. The number of hydrogen-bond donors (Lipinski definition) is 1. The van der Waals surface area contributed by atoms with Crippen molar-refractivity contribution in [3.63, 3.8) is 0 Å². The number of rotatable bonds is 5. The van der Waals surface area contributed by atoms with Crippen LogP contribution in [0.2, 0.25) is 5.02 Å². The van der Waals surface area contributed by atoms with Crippen LogP contribution < -0.4 is 10.9 Å². The van der Waals surface area contributed by atoms with E-state index >= 15 is 0 Å². The van der Waals surface area contributed by atoms with Gasteiger partial charge < -0.3 is 5.32 Å². The molecule has 3 heterocycles. The van der Waals surface area contributed by atoms with Crippen molar-refractivity contribution in [3.8, 4) is 16.9 Å². The van der Waals surface area contributed by atoms with Gasteiger partial charge in [0.15, 0.2) is 0 Å². The molecule has 0 aliphatic heterocycles. The van der Waals surface area contributed by atoms with Crippen LogP contribution in [-0.2, 0) is 0 Å². The zero-order chi connectivity index (χ0) is 22.7. The van der Waals surface area contributed by atoms with E-state index in [-0.39, 0.29) is 5.56 Å². The molecule has 1 N–H and O–H groups in total. The summed E-state index contributed by atoms with van der Waals surface area (Å²) in [5, 5.41) is 7.70. The summed E-state index contributed by atoms with van der Waals surface area (Å²) in [7, 11) is 0. The summed E-state index contributed by atoms with van der Waals surface area (Å²) in [6.07, 6.45) is 4.36. The fourth-order valence-corrected chi connectivity index (χ4v) is 3.24. The number of amides is 1. The fourth-order valence-electron chi connectivity index (χ4n) is 3.12. The average Bonchev–Trinajstić information content (AvgIpc) is 2.80. The third kappa shape index (κ3) is 4.55. The number of hydrogen-bond acceptors (Lipinski definition) is 5. The van der Waals surface area contributed by atoms with Gasteiger partial charge in [0.05, 0.1) is 23.6 Å². The predicted molar refractivity (Wildman–Crippen MR) is 118 cm³/mol. The molecule has 9 heteroatoms. The Hall–Kier alpha value is -3.91. The first-order valence-electron chi connectivity index (χ1n) is 9.65. The van der Waals surface area contributed by atoms with Gasteiger partial charge in [0.1, 0.15) is 5.56 Å². The van der Waals surface area contributed by atoms with E-state index in [9.17, 15) is 14.0 Å². The first-order chi connectivity index (χ1) is 15.4. The number of benzene rings is 1. The van der Waals surface area contributed by atoms with Gasteiger partial charge in [-0.2, -0.15) is 14.2 Å². The van der Waals surface area contributed by atoms with Gasteiger partial charge in [0.2, 0.25) is 5.95 Å². The van der Waals surface area contributed by atoms with Gasteiger partial charge in [-0.1, -0.05) is 23.7 Å². The van der Waals surface area contributed by atoms with Crippen molar-refractivity contribution in [1.82, 2.24) is 25.1 Å². The number of nitrogens with zero attached hydrogens (tertiary/aromatic N) is 4. The molecule has 0 saturated heterocycles. The molecule has 1 atom stereocenters. The number of pyridine rings is 2. The van der Waals surface area contributed by atoms with Crippen LogP contribution in [0.4, 0.5) is 4.39 Å². The first kappa shape index (κ1) is 21.3. The summed E-state index contributed by atoms with van der Waals surface area (Å²) < 4.78 is 14.6. The second kappa shape index (κ2) is 9.07. The lowest BCUT2D eigenvalue weighted by Crippen LogP contribution is -2.35. The first-order valence-corrected chi connectivity index (χ1v) is 10.0. The average molecular weight is 450 g/mol. The number of carbonyl (C=O) groups excluding carboxylic acids is 1. The van der Waals surface area contributed by atoms with Crippen molar-refractivity contribution >= 4 is 17.5 Å². The van der Waals surface area contributed by atoms with E-state index in [0.29, 0.717) is 27.5 Å². The van der Waals surface area contributed by atoms with Gasteiger partial charge in [-0.05, 0) is 55.0 Å². The van der Waals surface area contributed by atoms with Crippen molar-refractivity contribution in [2.24, 2.45) is 0 Å². The molecule has 0 aliphatic carbocycles. The molecular formula is C23H17ClFN5O2. The molecular weight excluding hydrogens is 433 g/mol. The van der Waals surface area contributed by atoms with Gasteiger partial charge in [0, 0.05) is 23.0 Å². The highest BCUT2D eigenvalue weighted by Gasteiger charge is 2.20. The SMILES string of the molecule is CC(NC(=O)c1cc(-c2ccc(Cl)cc2)nn(-c2cccnc2)c1=O)c1ccnc(F)c1. The highest BCUT2D eigenvalue weighted by atomic mass is 35.5. The van der Waals surface area contributed by atoms with E-state index in [4.69, 9.17) is 11.6 Å². The zero-order valence-corrected chi connectivity index (χ0v) is 17.6. The van der Waals surface area contributed by atoms with Crippen LogP contribution in [0.15, 0.2) is 78.0 Å². The molecule has 0 aliphatic rings. The van der Waals surface area contributed by atoms with Crippen molar-refractivity contribution in [2.75, 3.05) is 0 Å². The van der Waals surface area contributed by atoms with E-state index in [1.165, 1.54) is 24.5 Å². The highest BCUT2D eigenvalue weighted by Crippen LogP contribution is 2.21. The summed E-state index contributed by atoms with van der Waals surface area (Å²) in [5.41, 5.74) is 1.27. The molecule has 1 unspecified atom stereocenters. The Bertz CT molecular complexity index is 1330. The topological polar surface area (TPSA) is 89.8 Å². The van der Waals surface area contributed by atoms with Crippen molar-refractivity contribution in [1.29, 1.82) is 0 Å². The monoisotopic (exact) mass is 449 g/mol. The smallest absolute Gasteiger partial charge is 0.284 e. The summed E-state index contributed by atoms with van der Waals surface area (Å²) in [4.78, 5) is 33.7. The van der Waals surface area contributed by atoms with Crippen LogP contribution in [-0.4, -0.2) is 25.7 Å². The van der Waals surface area contributed by atoms with Crippen LogP contribution in [0, 0.1) is 5.95 Å². The second-order valence-electron chi connectivity index (χ2n) is 6.99. The van der Waals surface area contributed by atoms with Gasteiger partial charge >= 0.3 is 0 Å². The number of carbonyl (C=O) groups is 1. The van der Waals surface area contributed by atoms with Crippen LogP contribution in [0.5, 0.6) is 0 Å². The highest BCUT2D eigenvalue weighted by molar-refractivity contribution is 6.30. The standard InChI is InChI=1S/C23H17ClFN5O2/c1-14(16-8-10-27-21(25)11-16)28-22(31)19-12-20(15-4-6-17(24)7-5-15)29-30(23(19)32)18-3-2-9-26-13-18/h2-14H,1H3,(H,28,31). The lowest BCUT2D eigenvalue weighted by atomic mass is 10.1. The number of aromatic nitrogens is 4. The van der Waals surface area contributed by atoms with E-state index in [1.807, 2.05) is 0 Å². The Balaban J connectivity index is 1.78. The minimum Gasteiger partial charge on any atom is -0.345 e. The minimum absolute atomic E-state index is 0.116. The van der Waals surface area contributed by atoms with E-state index < -0.39 is 23.5 Å². The zero-order valence-electron chi connectivity index (χ0n) is 16.9. The van der Waals surface area contributed by atoms with Crippen molar-refractivity contribution < 1.29 is 9.18 Å². The van der Waals surface area contributed by atoms with E-state index in [0.717, 1.165) is 4.68 Å². The maximum absolute atomic E-state index is 13.5. The lowest BCUT2D eigenvalue weighted by molar-refractivity contribution is 0.0937. The molecule has 0 bridgehead atoms. The molecule has 3 aromatic heterocycles. The summed E-state index contributed by atoms with van der Waals surface area (Å²) >= 11 is 5.98. The number of halogens is 2. The predicted octanol–water partition coefficient (Wildman–Crippen LogP) is 3.97. The Morgan fingerprint density at radius 2 is 1.91 bits per heavy atom. The van der Waals surface area contributed by atoms with Gasteiger partial charge in [0.25, 0.3) is 11.5 Å². The molecule has 160 valence electrons. The Labute approximate surface area is 187 Å². The maximum atomic E-state index is 13.5. The summed E-state index contributed by atoms with van der Waals surface area (Å²) in [6, 6.07) is 13.9. The Morgan fingerprint density at radius 3 is 2.59 bits per heavy atom. The molecule has 7 nitrogen and oxygen atoms in total. The van der Waals surface area contributed by atoms with Crippen LogP contribution >= 0.6 is 11.6 Å². The molecule has 1 amide bonds. The molecule has 1 aromatic carbocycles. The fraction of sp³-hybridized carbons (Fsp3) is 0.0870. The van der Waals surface area contributed by atoms with Gasteiger partial charge in [-0.15, -0.1) is 0 Å². The van der Waals surface area contributed by atoms with E-state index in [2.05, 4.69) is 20.4 Å². The molecule has 32 heavy (non-hydrogen) atoms. The molecule has 4 rings (SSSR count). The Kier molecular flexibility index (Phi) is 6.04. The van der Waals surface area contributed by atoms with Gasteiger partial charge in [-0.25, -0.2) is 4.98 Å². The lowest BCUT2D eigenvalue weighted by Gasteiger charge is -2.15. The van der Waals surface area contributed by atoms with Crippen LogP contribution in [0.1, 0.15) is 28.9 Å². The normalized spacial score (nSPS) is 11.7. The van der Waals surface area contributed by atoms with Crippen LogP contribution in [0.25, 0.3) is 16.9 Å². The molecule has 0 fully saturated rings. The van der Waals surface area contributed by atoms with Crippen molar-refractivity contribution in [3.05, 3.63) is 106 Å². The second-order valence-corrected chi connectivity index (χ2v) is 7.42. The van der Waals surface area contributed by atoms with E-state index in [1.54, 1.807) is 55.6 Å². The Morgan fingerprint density at radius 1 is 1.12 bits per heavy atom. The molecule has 0 radical (unpaired) electrons. The maximum Gasteiger partial charge on any atom is 0.284 e. The van der Waals surface area contributed by atoms with Gasteiger partial charge in [-0.3, -0.25) is 14.6 Å². The molecule has 4 aromatic rings. The molecule has 0 saturated carbocycles. The summed E-state index contributed by atoms with van der Waals surface area (Å²) in [6.45, 7) is 1.69. The third-order valence-corrected chi connectivity index (χ3v) is 5.04. The third-order valence-electron chi connectivity index (χ3n) is 4.78. The number of nitrogens with one attached hydrogen (secondary N) is 1. The molecule has 0 spiro atoms. The summed E-state index contributed by atoms with van der Waals surface area (Å²) in [5.74, 6) is -1.27. The quantitative estimate of drug-likeness (QED) is 0.465.